The Labute approximate surface area is 169 Å². The average Bonchev–Trinajstić information content (AvgIpc) is 2.61. The molecule has 2 rings (SSSR count). The number of likely N-dealkylation sites (N-methyl/N-ethyl adjacent to an activating group) is 1. The summed E-state index contributed by atoms with van der Waals surface area (Å²) >= 11 is 6.08. The molecule has 0 aliphatic carbocycles. The predicted octanol–water partition coefficient (Wildman–Crippen LogP) is 0.422. The van der Waals surface area contributed by atoms with E-state index in [0.29, 0.717) is 13.1 Å². The minimum absolute atomic E-state index is 0.171. The highest BCUT2D eigenvalue weighted by Crippen LogP contribution is 2.33. The number of ketones is 1. The molecule has 0 amide bonds. The number of Topliss-reactive ketones (excluding diaryl/α,β-unsaturated/α-hetero) is 1. The van der Waals surface area contributed by atoms with Crippen LogP contribution in [0.3, 0.4) is 0 Å². The second-order valence-electron chi connectivity index (χ2n) is 7.91. The summed E-state index contributed by atoms with van der Waals surface area (Å²) in [5.74, 6) is -3.36. The van der Waals surface area contributed by atoms with Crippen LogP contribution in [0.15, 0.2) is 11.6 Å². The van der Waals surface area contributed by atoms with Crippen LogP contribution >= 0.6 is 11.6 Å². The zero-order valence-electron chi connectivity index (χ0n) is 16.6. The molecular formula is C19H28ClNO7. The van der Waals surface area contributed by atoms with Crippen molar-refractivity contribution in [2.24, 2.45) is 5.92 Å². The summed E-state index contributed by atoms with van der Waals surface area (Å²) < 4.78 is 10.6. The number of ether oxygens (including phenoxy) is 2. The Morgan fingerprint density at radius 1 is 1.29 bits per heavy atom. The van der Waals surface area contributed by atoms with Gasteiger partial charge in [-0.15, -0.1) is 11.6 Å². The van der Waals surface area contributed by atoms with Crippen LogP contribution in [0.25, 0.3) is 0 Å². The van der Waals surface area contributed by atoms with Crippen molar-refractivity contribution in [3.05, 3.63) is 11.6 Å². The molecular weight excluding hydrogens is 390 g/mol. The maximum absolute atomic E-state index is 12.8. The van der Waals surface area contributed by atoms with Crippen LogP contribution in [0, 0.1) is 5.92 Å². The van der Waals surface area contributed by atoms with Crippen molar-refractivity contribution in [3.63, 3.8) is 0 Å². The number of alkyl halides is 1. The highest BCUT2D eigenvalue weighted by Gasteiger charge is 2.50. The second-order valence-corrected chi connectivity index (χ2v) is 8.56. The number of hydrogen-bond donors (Lipinski definition) is 2. The van der Waals surface area contributed by atoms with Crippen LogP contribution in [-0.4, -0.2) is 82.3 Å². The van der Waals surface area contributed by atoms with Gasteiger partial charge < -0.3 is 24.6 Å². The van der Waals surface area contributed by atoms with Crippen molar-refractivity contribution >= 4 is 29.3 Å². The lowest BCUT2D eigenvalue weighted by Gasteiger charge is -2.37. The van der Waals surface area contributed by atoms with E-state index >= 15 is 0 Å². The van der Waals surface area contributed by atoms with Gasteiger partial charge in [0.05, 0.1) is 5.38 Å². The van der Waals surface area contributed by atoms with Gasteiger partial charge >= 0.3 is 11.9 Å². The maximum Gasteiger partial charge on any atom is 0.340 e. The van der Waals surface area contributed by atoms with E-state index in [2.05, 4.69) is 0 Å². The molecule has 2 bridgehead atoms. The normalized spacial score (nSPS) is 37.4. The molecule has 0 saturated carbocycles. The second kappa shape index (κ2) is 8.49. The Hall–Kier alpha value is -1.48. The molecule has 2 unspecified atom stereocenters. The smallest absolute Gasteiger partial charge is 0.340 e. The SMILES string of the molecule is CC(Cl)C1(O)C[C@H](C)[C@](C)(O)C(=O)OCC2=CCN(C)CC[C@H](OC1=O)C2=O. The van der Waals surface area contributed by atoms with Gasteiger partial charge in [-0.3, -0.25) is 4.79 Å². The molecule has 0 aromatic carbocycles. The molecule has 28 heavy (non-hydrogen) atoms. The van der Waals surface area contributed by atoms with Crippen LogP contribution < -0.4 is 0 Å². The number of esters is 2. The van der Waals surface area contributed by atoms with Gasteiger partial charge in [0.1, 0.15) is 6.61 Å². The number of fused-ring (bicyclic) bond motifs is 2. The van der Waals surface area contributed by atoms with Gasteiger partial charge in [-0.1, -0.05) is 13.0 Å². The lowest BCUT2D eigenvalue weighted by atomic mass is 9.79. The van der Waals surface area contributed by atoms with E-state index < -0.39 is 46.3 Å². The molecule has 1 saturated heterocycles. The van der Waals surface area contributed by atoms with E-state index in [4.69, 9.17) is 21.1 Å². The van der Waals surface area contributed by atoms with E-state index in [9.17, 15) is 24.6 Å². The first-order valence-corrected chi connectivity index (χ1v) is 9.72. The van der Waals surface area contributed by atoms with Crippen molar-refractivity contribution in [3.8, 4) is 0 Å². The average molecular weight is 418 g/mol. The minimum Gasteiger partial charge on any atom is -0.459 e. The Morgan fingerprint density at radius 2 is 1.93 bits per heavy atom. The summed E-state index contributed by atoms with van der Waals surface area (Å²) in [5, 5.41) is 20.5. The van der Waals surface area contributed by atoms with Crippen LogP contribution in [0.1, 0.15) is 33.6 Å². The molecule has 0 aromatic rings. The van der Waals surface area contributed by atoms with Crippen molar-refractivity contribution in [2.75, 3.05) is 26.7 Å². The summed E-state index contributed by atoms with van der Waals surface area (Å²) in [6, 6.07) is 0. The minimum atomic E-state index is -2.19. The van der Waals surface area contributed by atoms with Gasteiger partial charge in [0.25, 0.3) is 0 Å². The van der Waals surface area contributed by atoms with Gasteiger partial charge in [0, 0.05) is 25.1 Å². The fourth-order valence-corrected chi connectivity index (χ4v) is 3.35. The van der Waals surface area contributed by atoms with Crippen molar-refractivity contribution in [1.82, 2.24) is 4.90 Å². The summed E-state index contributed by atoms with van der Waals surface area (Å²) in [4.78, 5) is 40.0. The van der Waals surface area contributed by atoms with Crippen LogP contribution in [0.5, 0.6) is 0 Å². The zero-order chi connectivity index (χ0) is 21.3. The molecule has 2 aliphatic heterocycles. The topological polar surface area (TPSA) is 113 Å². The summed E-state index contributed by atoms with van der Waals surface area (Å²) in [6.45, 7) is 4.76. The van der Waals surface area contributed by atoms with E-state index in [1.807, 2.05) is 11.9 Å². The maximum atomic E-state index is 12.8. The van der Waals surface area contributed by atoms with Crippen LogP contribution in [0.4, 0.5) is 0 Å². The summed E-state index contributed by atoms with van der Waals surface area (Å²) in [5.41, 5.74) is -4.02. The third-order valence-corrected chi connectivity index (χ3v) is 6.00. The number of carbonyl (C=O) groups excluding carboxylic acids is 3. The monoisotopic (exact) mass is 417 g/mol. The highest BCUT2D eigenvalue weighted by atomic mass is 35.5. The summed E-state index contributed by atoms with van der Waals surface area (Å²) in [7, 11) is 1.83. The number of rotatable bonds is 1. The van der Waals surface area contributed by atoms with E-state index in [1.54, 1.807) is 6.08 Å². The quantitative estimate of drug-likeness (QED) is 0.466. The van der Waals surface area contributed by atoms with E-state index in [0.717, 1.165) is 0 Å². The lowest BCUT2D eigenvalue weighted by Crippen LogP contribution is -2.54. The number of halogens is 1. The van der Waals surface area contributed by atoms with Gasteiger partial charge in [0.15, 0.2) is 17.3 Å². The first-order chi connectivity index (χ1) is 12.9. The fourth-order valence-electron chi connectivity index (χ4n) is 3.17. The Morgan fingerprint density at radius 3 is 2.54 bits per heavy atom. The van der Waals surface area contributed by atoms with Gasteiger partial charge in [-0.25, -0.2) is 9.59 Å². The number of nitrogens with zero attached hydrogens (tertiary/aromatic N) is 1. The molecule has 0 radical (unpaired) electrons. The van der Waals surface area contributed by atoms with Crippen molar-refractivity contribution in [1.29, 1.82) is 0 Å². The Balaban J connectivity index is 2.50. The number of cyclic esters (lactones) is 1. The van der Waals surface area contributed by atoms with Gasteiger partial charge in [-0.05, 0) is 33.2 Å². The lowest BCUT2D eigenvalue weighted by molar-refractivity contribution is -0.183. The third-order valence-electron chi connectivity index (χ3n) is 5.64. The molecule has 158 valence electrons. The molecule has 5 atom stereocenters. The van der Waals surface area contributed by atoms with E-state index in [1.165, 1.54) is 20.8 Å². The van der Waals surface area contributed by atoms with Gasteiger partial charge in [0.2, 0.25) is 5.78 Å². The van der Waals surface area contributed by atoms with Gasteiger partial charge in [-0.2, -0.15) is 0 Å². The molecule has 0 aromatic heterocycles. The molecule has 1 fully saturated rings. The zero-order valence-corrected chi connectivity index (χ0v) is 17.4. The molecule has 2 aliphatic rings. The van der Waals surface area contributed by atoms with Crippen LogP contribution in [-0.2, 0) is 23.9 Å². The predicted molar refractivity (Wildman–Crippen MR) is 101 cm³/mol. The number of carbonyl (C=O) groups is 3. The fraction of sp³-hybridized carbons (Fsp3) is 0.737. The molecule has 0 spiro atoms. The molecule has 2 heterocycles. The highest BCUT2D eigenvalue weighted by molar-refractivity contribution is 6.23. The first-order valence-electron chi connectivity index (χ1n) is 9.28. The largest absolute Gasteiger partial charge is 0.459 e. The summed E-state index contributed by atoms with van der Waals surface area (Å²) in [6.07, 6.45) is 0.363. The Kier molecular flexibility index (Phi) is 6.91. The van der Waals surface area contributed by atoms with Crippen LogP contribution in [0.2, 0.25) is 0 Å². The number of aliphatic hydroxyl groups is 2. The standard InChI is InChI=1S/C19H28ClNO7/c1-11-9-19(26,12(2)20)17(24)28-14-6-8-21(4)7-5-13(15(14)22)10-27-16(23)18(11,3)25/h5,11-12,14,25-26H,6-10H2,1-4H3/t11-,12?,14-,18-,19?/m0/s1. The Bertz CT molecular complexity index is 675. The third kappa shape index (κ3) is 4.56. The van der Waals surface area contributed by atoms with Crippen molar-refractivity contribution < 1.29 is 34.1 Å². The first kappa shape index (κ1) is 22.8. The molecule has 9 heteroatoms. The molecule has 2 N–H and O–H groups in total. The van der Waals surface area contributed by atoms with E-state index in [-0.39, 0.29) is 25.0 Å². The van der Waals surface area contributed by atoms with Crippen molar-refractivity contribution in [2.45, 2.75) is 56.3 Å². The number of hydrogen-bond acceptors (Lipinski definition) is 8. The molecule has 8 nitrogen and oxygen atoms in total.